The third kappa shape index (κ3) is 4.73. The van der Waals surface area contributed by atoms with E-state index in [0.717, 1.165) is 11.1 Å². The Balaban J connectivity index is 1.92. The summed E-state index contributed by atoms with van der Waals surface area (Å²) < 4.78 is 5.45. The van der Waals surface area contributed by atoms with Crippen molar-refractivity contribution in [3.63, 3.8) is 0 Å². The van der Waals surface area contributed by atoms with Crippen LogP contribution >= 0.6 is 0 Å². The van der Waals surface area contributed by atoms with E-state index in [1.165, 1.54) is 11.0 Å². The maximum absolute atomic E-state index is 12.9. The van der Waals surface area contributed by atoms with Crippen LogP contribution in [0.25, 0.3) is 0 Å². The van der Waals surface area contributed by atoms with E-state index < -0.39 is 11.0 Å². The summed E-state index contributed by atoms with van der Waals surface area (Å²) in [5.74, 6) is 0.381. The summed E-state index contributed by atoms with van der Waals surface area (Å²) in [6.07, 6.45) is -0.121. The van der Waals surface area contributed by atoms with E-state index in [0.29, 0.717) is 12.2 Å². The third-order valence-corrected chi connectivity index (χ3v) is 4.25. The Morgan fingerprint density at radius 2 is 1.64 bits per heavy atom. The second-order valence-electron chi connectivity index (χ2n) is 6.32. The molecule has 0 aromatic heterocycles. The first-order chi connectivity index (χ1) is 13.5. The van der Waals surface area contributed by atoms with Crippen molar-refractivity contribution in [3.05, 3.63) is 100 Å². The smallest absolute Gasteiger partial charge is 0.410 e. The molecule has 0 spiro atoms. The molecule has 0 atom stereocenters. The molecule has 6 nitrogen and oxygen atoms in total. The molecule has 0 unspecified atom stereocenters. The van der Waals surface area contributed by atoms with Crippen LogP contribution in [0.15, 0.2) is 78.9 Å². The van der Waals surface area contributed by atoms with Crippen molar-refractivity contribution >= 4 is 17.5 Å². The Kier molecular flexibility index (Phi) is 6.01. The van der Waals surface area contributed by atoms with Gasteiger partial charge in [-0.3, -0.25) is 15.0 Å². The highest BCUT2D eigenvalue weighted by Crippen LogP contribution is 2.30. The fourth-order valence-corrected chi connectivity index (χ4v) is 2.85. The molecule has 3 rings (SSSR count). The van der Waals surface area contributed by atoms with Gasteiger partial charge in [0, 0.05) is 12.6 Å². The van der Waals surface area contributed by atoms with Gasteiger partial charge in [0.1, 0.15) is 11.4 Å². The molecule has 0 heterocycles. The molecule has 0 aliphatic carbocycles. The van der Waals surface area contributed by atoms with Crippen LogP contribution in [0.3, 0.4) is 0 Å². The standard InChI is InChI=1S/C22H20N2O4/c1-17-12-13-20(21(16-17)24(26)27)23(15-14-18-8-4-2-5-9-18)22(25)28-19-10-6-3-7-11-19/h2-13,16H,14-15H2,1H3. The lowest BCUT2D eigenvalue weighted by atomic mass is 10.1. The quantitative estimate of drug-likeness (QED) is 0.440. The number of amides is 1. The van der Waals surface area contributed by atoms with Gasteiger partial charge in [-0.2, -0.15) is 0 Å². The fraction of sp³-hybridized carbons (Fsp3) is 0.136. The average molecular weight is 376 g/mol. The minimum Gasteiger partial charge on any atom is -0.410 e. The van der Waals surface area contributed by atoms with Crippen LogP contribution in [0.5, 0.6) is 5.75 Å². The van der Waals surface area contributed by atoms with E-state index in [-0.39, 0.29) is 17.9 Å². The van der Waals surface area contributed by atoms with E-state index in [9.17, 15) is 14.9 Å². The van der Waals surface area contributed by atoms with Crippen LogP contribution in [-0.2, 0) is 6.42 Å². The largest absolute Gasteiger partial charge is 0.419 e. The number of carbonyl (C=O) groups is 1. The first kappa shape index (κ1) is 19.1. The van der Waals surface area contributed by atoms with Crippen molar-refractivity contribution in [2.24, 2.45) is 0 Å². The van der Waals surface area contributed by atoms with E-state index in [1.54, 1.807) is 43.3 Å². The van der Waals surface area contributed by atoms with Crippen LogP contribution in [0.1, 0.15) is 11.1 Å². The number of para-hydroxylation sites is 1. The number of rotatable bonds is 6. The Morgan fingerprint density at radius 1 is 1.00 bits per heavy atom. The highest BCUT2D eigenvalue weighted by atomic mass is 16.6. The van der Waals surface area contributed by atoms with Crippen molar-refractivity contribution in [3.8, 4) is 5.75 Å². The summed E-state index contributed by atoms with van der Waals surface area (Å²) in [6, 6.07) is 23.1. The zero-order valence-corrected chi connectivity index (χ0v) is 15.4. The molecule has 0 saturated heterocycles. The number of nitro benzene ring substituents is 1. The number of anilines is 1. The van der Waals surface area contributed by atoms with Gasteiger partial charge in [0.25, 0.3) is 5.69 Å². The van der Waals surface area contributed by atoms with Crippen molar-refractivity contribution < 1.29 is 14.5 Å². The summed E-state index contributed by atoms with van der Waals surface area (Å²) in [4.78, 5) is 25.3. The van der Waals surface area contributed by atoms with Gasteiger partial charge in [0.15, 0.2) is 0 Å². The number of benzene rings is 3. The number of aryl methyl sites for hydroxylation is 1. The van der Waals surface area contributed by atoms with Gasteiger partial charge in [-0.1, -0.05) is 54.6 Å². The fourth-order valence-electron chi connectivity index (χ4n) is 2.85. The van der Waals surface area contributed by atoms with E-state index in [2.05, 4.69) is 0 Å². The van der Waals surface area contributed by atoms with Gasteiger partial charge in [-0.15, -0.1) is 0 Å². The molecular formula is C22H20N2O4. The van der Waals surface area contributed by atoms with Gasteiger partial charge < -0.3 is 4.74 Å². The summed E-state index contributed by atoms with van der Waals surface area (Å²) in [6.45, 7) is 2.02. The van der Waals surface area contributed by atoms with Crippen LogP contribution in [0.4, 0.5) is 16.2 Å². The summed E-state index contributed by atoms with van der Waals surface area (Å²) in [5.41, 5.74) is 1.86. The van der Waals surface area contributed by atoms with Gasteiger partial charge in [0.05, 0.1) is 4.92 Å². The zero-order chi connectivity index (χ0) is 19.9. The first-order valence-electron chi connectivity index (χ1n) is 8.88. The molecule has 0 radical (unpaired) electrons. The number of hydrogen-bond acceptors (Lipinski definition) is 4. The maximum Gasteiger partial charge on any atom is 0.419 e. The van der Waals surface area contributed by atoms with E-state index in [4.69, 9.17) is 4.74 Å². The lowest BCUT2D eigenvalue weighted by Gasteiger charge is -2.22. The molecule has 3 aromatic rings. The predicted molar refractivity (Wildman–Crippen MR) is 108 cm³/mol. The molecular weight excluding hydrogens is 356 g/mol. The number of nitrogens with zero attached hydrogens (tertiary/aromatic N) is 2. The maximum atomic E-state index is 12.9. The van der Waals surface area contributed by atoms with Crippen LogP contribution in [0, 0.1) is 17.0 Å². The Morgan fingerprint density at radius 3 is 2.29 bits per heavy atom. The second-order valence-corrected chi connectivity index (χ2v) is 6.32. The summed E-state index contributed by atoms with van der Waals surface area (Å²) in [7, 11) is 0. The highest BCUT2D eigenvalue weighted by molar-refractivity contribution is 5.92. The molecule has 3 aromatic carbocycles. The van der Waals surface area contributed by atoms with E-state index >= 15 is 0 Å². The minimum atomic E-state index is -0.658. The van der Waals surface area contributed by atoms with Crippen molar-refractivity contribution in [2.45, 2.75) is 13.3 Å². The minimum absolute atomic E-state index is 0.127. The van der Waals surface area contributed by atoms with Gasteiger partial charge >= 0.3 is 6.09 Å². The van der Waals surface area contributed by atoms with E-state index in [1.807, 2.05) is 36.4 Å². The molecule has 0 aliphatic heterocycles. The number of hydrogen-bond donors (Lipinski definition) is 0. The van der Waals surface area contributed by atoms with Crippen molar-refractivity contribution in [1.82, 2.24) is 0 Å². The number of ether oxygens (including phenoxy) is 1. The molecule has 6 heteroatoms. The second kappa shape index (κ2) is 8.81. The lowest BCUT2D eigenvalue weighted by Crippen LogP contribution is -2.35. The molecule has 1 amide bonds. The Labute approximate surface area is 163 Å². The lowest BCUT2D eigenvalue weighted by molar-refractivity contribution is -0.384. The molecule has 0 saturated carbocycles. The zero-order valence-electron chi connectivity index (χ0n) is 15.4. The highest BCUT2D eigenvalue weighted by Gasteiger charge is 2.26. The number of nitro groups is 1. The van der Waals surface area contributed by atoms with Gasteiger partial charge in [0.2, 0.25) is 0 Å². The van der Waals surface area contributed by atoms with Crippen molar-refractivity contribution in [1.29, 1.82) is 0 Å². The summed E-state index contributed by atoms with van der Waals surface area (Å²) >= 11 is 0. The molecule has 28 heavy (non-hydrogen) atoms. The van der Waals surface area contributed by atoms with Gasteiger partial charge in [-0.25, -0.2) is 4.79 Å². The third-order valence-electron chi connectivity index (χ3n) is 4.25. The first-order valence-corrected chi connectivity index (χ1v) is 8.88. The monoisotopic (exact) mass is 376 g/mol. The topological polar surface area (TPSA) is 72.7 Å². The summed E-state index contributed by atoms with van der Waals surface area (Å²) in [5, 5.41) is 11.6. The van der Waals surface area contributed by atoms with Crippen molar-refractivity contribution in [2.75, 3.05) is 11.4 Å². The molecule has 0 bridgehead atoms. The molecule has 0 aliphatic rings. The molecule has 0 fully saturated rings. The SMILES string of the molecule is Cc1ccc(N(CCc2ccccc2)C(=O)Oc2ccccc2)c([N+](=O)[O-])c1. The predicted octanol–water partition coefficient (Wildman–Crippen LogP) is 5.15. The van der Waals surface area contributed by atoms with Gasteiger partial charge in [-0.05, 0) is 42.7 Å². The number of carbonyl (C=O) groups excluding carboxylic acids is 1. The Bertz CT molecular complexity index is 959. The van der Waals surface area contributed by atoms with Crippen LogP contribution in [0.2, 0.25) is 0 Å². The van der Waals surface area contributed by atoms with Crippen LogP contribution in [-0.4, -0.2) is 17.6 Å². The Hall–Kier alpha value is -3.67. The van der Waals surface area contributed by atoms with Crippen LogP contribution < -0.4 is 9.64 Å². The molecule has 142 valence electrons. The molecule has 0 N–H and O–H groups in total. The normalized spacial score (nSPS) is 10.3. The average Bonchev–Trinajstić information content (AvgIpc) is 2.70.